The third-order valence-electron chi connectivity index (χ3n) is 4.36. The van der Waals surface area contributed by atoms with Crippen LogP contribution in [0.25, 0.3) is 11.4 Å². The highest BCUT2D eigenvalue weighted by Gasteiger charge is 2.17. The summed E-state index contributed by atoms with van der Waals surface area (Å²) in [6.07, 6.45) is 3.42. The average Bonchev–Trinajstić information content (AvgIpc) is 3.18. The lowest BCUT2D eigenvalue weighted by Crippen LogP contribution is -2.15. The van der Waals surface area contributed by atoms with Crippen LogP contribution in [0.5, 0.6) is 0 Å². The van der Waals surface area contributed by atoms with Crippen LogP contribution in [0.3, 0.4) is 0 Å². The van der Waals surface area contributed by atoms with Gasteiger partial charge in [0.2, 0.25) is 5.91 Å². The number of nitrogens with zero attached hydrogens (tertiary/aromatic N) is 4. The van der Waals surface area contributed by atoms with Gasteiger partial charge in [-0.25, -0.2) is 4.39 Å². The van der Waals surface area contributed by atoms with E-state index < -0.39 is 5.82 Å². The monoisotopic (exact) mass is 453 g/mol. The second-order valence-electron chi connectivity index (χ2n) is 6.58. The summed E-state index contributed by atoms with van der Waals surface area (Å²) < 4.78 is 15.1. The summed E-state index contributed by atoms with van der Waals surface area (Å²) in [4.78, 5) is 16.6. The molecule has 2 heterocycles. The molecule has 1 N–H and O–H groups in total. The Bertz CT molecular complexity index is 1190. The van der Waals surface area contributed by atoms with Crippen LogP contribution >= 0.6 is 23.4 Å². The first kappa shape index (κ1) is 21.0. The van der Waals surface area contributed by atoms with Crippen molar-refractivity contribution in [1.82, 2.24) is 19.7 Å². The zero-order valence-electron chi connectivity index (χ0n) is 16.2. The zero-order valence-corrected chi connectivity index (χ0v) is 17.8. The third kappa shape index (κ3) is 5.28. The molecule has 0 atom stereocenters. The molecule has 4 rings (SSSR count). The molecular formula is C22H17ClFN5OS. The van der Waals surface area contributed by atoms with Crippen molar-refractivity contribution in [2.24, 2.45) is 0 Å². The second kappa shape index (κ2) is 9.72. The Labute approximate surface area is 187 Å². The van der Waals surface area contributed by atoms with Crippen molar-refractivity contribution >= 4 is 35.0 Å². The first-order valence-electron chi connectivity index (χ1n) is 9.35. The number of nitrogens with one attached hydrogen (secondary N) is 1. The van der Waals surface area contributed by atoms with Crippen molar-refractivity contribution in [2.45, 2.75) is 11.7 Å². The van der Waals surface area contributed by atoms with E-state index >= 15 is 0 Å². The molecular weight excluding hydrogens is 437 g/mol. The number of carbonyl (C=O) groups excluding carboxylic acids is 1. The molecule has 0 saturated carbocycles. The molecule has 1 amide bonds. The number of aromatic nitrogens is 4. The van der Waals surface area contributed by atoms with E-state index in [0.29, 0.717) is 23.2 Å². The summed E-state index contributed by atoms with van der Waals surface area (Å²) in [6.45, 7) is 0.547. The number of hydrogen-bond donors (Lipinski definition) is 1. The number of pyridine rings is 1. The molecule has 2 aromatic carbocycles. The molecule has 0 bridgehead atoms. The lowest BCUT2D eigenvalue weighted by atomic mass is 10.2. The predicted molar refractivity (Wildman–Crippen MR) is 120 cm³/mol. The van der Waals surface area contributed by atoms with Crippen LogP contribution in [0.1, 0.15) is 5.56 Å². The standard InChI is InChI=1S/C22H17ClFN5OS/c23-18-11-17(24)8-9-19(18)26-20(30)14-31-22-28-27-21(16-7-4-10-25-12-16)29(22)13-15-5-2-1-3-6-15/h1-12H,13-14H2,(H,26,30). The van der Waals surface area contributed by atoms with Gasteiger partial charge in [0.15, 0.2) is 11.0 Å². The quantitative estimate of drug-likeness (QED) is 0.402. The van der Waals surface area contributed by atoms with Gasteiger partial charge in [-0.2, -0.15) is 0 Å². The summed E-state index contributed by atoms with van der Waals surface area (Å²) in [7, 11) is 0. The van der Waals surface area contributed by atoms with Crippen LogP contribution in [0.2, 0.25) is 5.02 Å². The molecule has 0 aliphatic heterocycles. The number of carbonyl (C=O) groups is 1. The smallest absolute Gasteiger partial charge is 0.234 e. The Morgan fingerprint density at radius 1 is 1.10 bits per heavy atom. The van der Waals surface area contributed by atoms with Crippen molar-refractivity contribution in [3.05, 3.63) is 89.5 Å². The maximum atomic E-state index is 13.2. The van der Waals surface area contributed by atoms with Crippen molar-refractivity contribution in [1.29, 1.82) is 0 Å². The number of benzene rings is 2. The van der Waals surface area contributed by atoms with Gasteiger partial charge in [-0.3, -0.25) is 14.3 Å². The molecule has 6 nitrogen and oxygen atoms in total. The van der Waals surface area contributed by atoms with Crippen molar-refractivity contribution < 1.29 is 9.18 Å². The van der Waals surface area contributed by atoms with Gasteiger partial charge >= 0.3 is 0 Å². The molecule has 31 heavy (non-hydrogen) atoms. The highest BCUT2D eigenvalue weighted by atomic mass is 35.5. The average molecular weight is 454 g/mol. The zero-order chi connectivity index (χ0) is 21.6. The largest absolute Gasteiger partial charge is 0.324 e. The highest BCUT2D eigenvalue weighted by Crippen LogP contribution is 2.26. The van der Waals surface area contributed by atoms with Gasteiger partial charge in [0.25, 0.3) is 0 Å². The molecule has 2 aromatic heterocycles. The van der Waals surface area contributed by atoms with Crippen molar-refractivity contribution in [2.75, 3.05) is 11.1 Å². The van der Waals surface area contributed by atoms with Crippen molar-refractivity contribution in [3.63, 3.8) is 0 Å². The summed E-state index contributed by atoms with van der Waals surface area (Å²) in [5.74, 6) is 0.0136. The lowest BCUT2D eigenvalue weighted by Gasteiger charge is -2.11. The van der Waals surface area contributed by atoms with Crippen LogP contribution in [0.4, 0.5) is 10.1 Å². The van der Waals surface area contributed by atoms with Gasteiger partial charge in [-0.1, -0.05) is 53.7 Å². The van der Waals surface area contributed by atoms with E-state index in [1.54, 1.807) is 12.4 Å². The Morgan fingerprint density at radius 2 is 1.94 bits per heavy atom. The van der Waals surface area contributed by atoms with E-state index in [1.807, 2.05) is 47.0 Å². The lowest BCUT2D eigenvalue weighted by molar-refractivity contribution is -0.113. The molecule has 4 aromatic rings. The normalized spacial score (nSPS) is 10.8. The van der Waals surface area contributed by atoms with E-state index in [0.717, 1.165) is 17.2 Å². The number of halogens is 2. The van der Waals surface area contributed by atoms with Crippen LogP contribution in [0, 0.1) is 5.82 Å². The SMILES string of the molecule is O=C(CSc1nnc(-c2cccnc2)n1Cc1ccccc1)Nc1ccc(F)cc1Cl. The summed E-state index contributed by atoms with van der Waals surface area (Å²) in [5.41, 5.74) is 2.27. The third-order valence-corrected chi connectivity index (χ3v) is 5.64. The summed E-state index contributed by atoms with van der Waals surface area (Å²) >= 11 is 7.24. The number of hydrogen-bond acceptors (Lipinski definition) is 5. The second-order valence-corrected chi connectivity index (χ2v) is 7.93. The maximum Gasteiger partial charge on any atom is 0.234 e. The molecule has 0 aliphatic rings. The Hall–Kier alpha value is -3.23. The number of amides is 1. The van der Waals surface area contributed by atoms with E-state index in [9.17, 15) is 9.18 Å². The van der Waals surface area contributed by atoms with Crippen LogP contribution < -0.4 is 5.32 Å². The minimum atomic E-state index is -0.464. The van der Waals surface area contributed by atoms with Gasteiger partial charge in [0, 0.05) is 18.0 Å². The molecule has 0 spiro atoms. The molecule has 0 aliphatic carbocycles. The Morgan fingerprint density at radius 3 is 2.68 bits per heavy atom. The first-order chi connectivity index (χ1) is 15.1. The van der Waals surface area contributed by atoms with E-state index in [4.69, 9.17) is 11.6 Å². The molecule has 0 unspecified atom stereocenters. The van der Waals surface area contributed by atoms with Crippen molar-refractivity contribution in [3.8, 4) is 11.4 Å². The van der Waals surface area contributed by atoms with E-state index in [1.165, 1.54) is 23.9 Å². The maximum absolute atomic E-state index is 13.2. The molecule has 0 radical (unpaired) electrons. The minimum Gasteiger partial charge on any atom is -0.324 e. The predicted octanol–water partition coefficient (Wildman–Crippen LogP) is 4.91. The van der Waals surface area contributed by atoms with Crippen LogP contribution in [0.15, 0.2) is 78.2 Å². The van der Waals surface area contributed by atoms with E-state index in [-0.39, 0.29) is 16.7 Å². The first-order valence-corrected chi connectivity index (χ1v) is 10.7. The summed E-state index contributed by atoms with van der Waals surface area (Å²) in [5, 5.41) is 12.0. The number of thioether (sulfide) groups is 1. The number of anilines is 1. The van der Waals surface area contributed by atoms with Gasteiger partial charge in [-0.15, -0.1) is 10.2 Å². The number of rotatable bonds is 7. The molecule has 0 saturated heterocycles. The van der Waals surface area contributed by atoms with Gasteiger partial charge < -0.3 is 5.32 Å². The fourth-order valence-corrected chi connectivity index (χ4v) is 3.87. The Balaban J connectivity index is 1.53. The Kier molecular flexibility index (Phi) is 6.59. The van der Waals surface area contributed by atoms with E-state index in [2.05, 4.69) is 20.5 Å². The molecule has 0 fully saturated rings. The van der Waals surface area contributed by atoms with Gasteiger partial charge in [0.05, 0.1) is 23.0 Å². The minimum absolute atomic E-state index is 0.0909. The highest BCUT2D eigenvalue weighted by molar-refractivity contribution is 7.99. The molecule has 156 valence electrons. The van der Waals surface area contributed by atoms with Crippen LogP contribution in [-0.4, -0.2) is 31.4 Å². The fraction of sp³-hybridized carbons (Fsp3) is 0.0909. The van der Waals surface area contributed by atoms with Crippen LogP contribution in [-0.2, 0) is 11.3 Å². The summed E-state index contributed by atoms with van der Waals surface area (Å²) in [6, 6.07) is 17.5. The molecule has 9 heteroatoms. The topological polar surface area (TPSA) is 72.7 Å². The van der Waals surface area contributed by atoms with Gasteiger partial charge in [-0.05, 0) is 35.9 Å². The fourth-order valence-electron chi connectivity index (χ4n) is 2.92. The van der Waals surface area contributed by atoms with Gasteiger partial charge in [0.1, 0.15) is 5.82 Å².